The van der Waals surface area contributed by atoms with Crippen molar-refractivity contribution in [1.82, 2.24) is 9.97 Å². The maximum Gasteiger partial charge on any atom is 0.343 e. The fourth-order valence-corrected chi connectivity index (χ4v) is 5.33. The second kappa shape index (κ2) is 9.45. The van der Waals surface area contributed by atoms with Crippen LogP contribution in [0, 0.1) is 5.92 Å². The molecule has 0 spiro atoms. The molecule has 1 N–H and O–H groups in total. The molecule has 0 radical (unpaired) electrons. The van der Waals surface area contributed by atoms with Crippen molar-refractivity contribution in [2.75, 3.05) is 26.7 Å². The van der Waals surface area contributed by atoms with Crippen molar-refractivity contribution in [3.63, 3.8) is 0 Å². The summed E-state index contributed by atoms with van der Waals surface area (Å²) in [6.45, 7) is 2.79. The summed E-state index contributed by atoms with van der Waals surface area (Å²) in [7, 11) is 2.23. The number of aliphatic hydroxyl groups is 1. The van der Waals surface area contributed by atoms with Crippen molar-refractivity contribution in [3.8, 4) is 0 Å². The molecule has 2 aromatic rings. The standard InChI is InChI=1S/C25H34N3O3/c1-28(15-13-20-16-26-19-27-17-20)14-7-12-23(18-28)31-24(29)25(30,22-10-5-6-11-22)21-8-3-2-4-9-21/h2-4,8-9,16-17,19,22-23,30H,5-7,10-15,18H2,1H3/q+1/t23?,25-,28?/m0/s1. The fraction of sp³-hybridized carbons (Fsp3) is 0.560. The number of piperidine rings is 1. The Bertz CT molecular complexity index is 857. The Morgan fingerprint density at radius 1 is 1.13 bits per heavy atom. The number of carbonyl (C=O) groups is 1. The number of carbonyl (C=O) groups excluding carboxylic acids is 1. The summed E-state index contributed by atoms with van der Waals surface area (Å²) in [4.78, 5) is 21.6. The van der Waals surface area contributed by atoms with Crippen LogP contribution in [0.4, 0.5) is 0 Å². The minimum Gasteiger partial charge on any atom is -0.454 e. The number of ether oxygens (including phenoxy) is 1. The number of rotatable bonds is 7. The highest BCUT2D eigenvalue weighted by atomic mass is 16.6. The van der Waals surface area contributed by atoms with E-state index in [1.807, 2.05) is 42.7 Å². The van der Waals surface area contributed by atoms with Gasteiger partial charge in [-0.05, 0) is 30.4 Å². The van der Waals surface area contributed by atoms with Crippen molar-refractivity contribution in [3.05, 3.63) is 60.2 Å². The molecule has 166 valence electrons. The van der Waals surface area contributed by atoms with Gasteiger partial charge in [-0.3, -0.25) is 0 Å². The van der Waals surface area contributed by atoms with Crippen molar-refractivity contribution >= 4 is 5.97 Å². The third kappa shape index (κ3) is 4.96. The van der Waals surface area contributed by atoms with Gasteiger partial charge in [0.05, 0.1) is 20.1 Å². The highest BCUT2D eigenvalue weighted by Gasteiger charge is 2.49. The van der Waals surface area contributed by atoms with E-state index in [4.69, 9.17) is 4.74 Å². The first kappa shape index (κ1) is 21.9. The Balaban J connectivity index is 1.44. The quantitative estimate of drug-likeness (QED) is 0.546. The fourth-order valence-electron chi connectivity index (χ4n) is 5.33. The molecule has 4 rings (SSSR count). The number of hydrogen-bond donors (Lipinski definition) is 1. The molecule has 1 saturated carbocycles. The number of esters is 1. The molecular formula is C25H34N3O3+. The number of quaternary nitrogens is 1. The predicted octanol–water partition coefficient (Wildman–Crippen LogP) is 3.25. The van der Waals surface area contributed by atoms with Gasteiger partial charge >= 0.3 is 5.97 Å². The molecule has 2 heterocycles. The largest absolute Gasteiger partial charge is 0.454 e. The Morgan fingerprint density at radius 3 is 2.55 bits per heavy atom. The van der Waals surface area contributed by atoms with E-state index in [9.17, 15) is 9.90 Å². The van der Waals surface area contributed by atoms with Crippen molar-refractivity contribution in [1.29, 1.82) is 0 Å². The lowest BCUT2D eigenvalue weighted by Gasteiger charge is -2.42. The first-order valence-corrected chi connectivity index (χ1v) is 11.6. The van der Waals surface area contributed by atoms with Gasteiger partial charge in [-0.1, -0.05) is 43.2 Å². The van der Waals surface area contributed by atoms with Gasteiger partial charge in [-0.15, -0.1) is 0 Å². The average molecular weight is 425 g/mol. The minimum absolute atomic E-state index is 0.0788. The van der Waals surface area contributed by atoms with Gasteiger partial charge < -0.3 is 14.3 Å². The SMILES string of the molecule is C[N+]1(CCc2cncnc2)CCCC(OC(=O)[C@](O)(c2ccccc2)C2CCCC2)C1. The number of hydrogen-bond acceptors (Lipinski definition) is 5. The van der Waals surface area contributed by atoms with Gasteiger partial charge in [0.2, 0.25) is 0 Å². The molecule has 1 aliphatic heterocycles. The van der Waals surface area contributed by atoms with Crippen LogP contribution < -0.4 is 0 Å². The van der Waals surface area contributed by atoms with Gasteiger partial charge in [0.25, 0.3) is 0 Å². The highest BCUT2D eigenvalue weighted by Crippen LogP contribution is 2.42. The van der Waals surface area contributed by atoms with Crippen LogP contribution in [-0.2, 0) is 21.6 Å². The van der Waals surface area contributed by atoms with E-state index in [0.717, 1.165) is 74.6 Å². The third-order valence-corrected chi connectivity index (χ3v) is 7.17. The van der Waals surface area contributed by atoms with Crippen LogP contribution in [0.5, 0.6) is 0 Å². The van der Waals surface area contributed by atoms with Gasteiger partial charge in [-0.25, -0.2) is 14.8 Å². The molecule has 2 unspecified atom stereocenters. The molecular weight excluding hydrogens is 390 g/mol. The molecule has 6 heteroatoms. The van der Waals surface area contributed by atoms with Gasteiger partial charge in [0, 0.05) is 31.2 Å². The molecule has 0 amide bonds. The lowest BCUT2D eigenvalue weighted by Crippen LogP contribution is -2.56. The van der Waals surface area contributed by atoms with E-state index in [1.165, 1.54) is 0 Å². The predicted molar refractivity (Wildman–Crippen MR) is 118 cm³/mol. The zero-order valence-corrected chi connectivity index (χ0v) is 18.4. The third-order valence-electron chi connectivity index (χ3n) is 7.17. The molecule has 1 aromatic carbocycles. The summed E-state index contributed by atoms with van der Waals surface area (Å²) in [6, 6.07) is 9.37. The molecule has 1 aliphatic carbocycles. The van der Waals surface area contributed by atoms with Crippen LogP contribution in [0.2, 0.25) is 0 Å². The summed E-state index contributed by atoms with van der Waals surface area (Å²) in [5.74, 6) is -0.551. The van der Waals surface area contributed by atoms with E-state index in [-0.39, 0.29) is 12.0 Å². The van der Waals surface area contributed by atoms with E-state index in [1.54, 1.807) is 6.33 Å². The highest BCUT2D eigenvalue weighted by molar-refractivity contribution is 5.81. The van der Waals surface area contributed by atoms with Crippen LogP contribution in [-0.4, -0.2) is 58.3 Å². The van der Waals surface area contributed by atoms with Crippen LogP contribution in [0.15, 0.2) is 49.1 Å². The van der Waals surface area contributed by atoms with Crippen molar-refractivity contribution in [2.45, 2.75) is 56.7 Å². The Hall–Kier alpha value is -2.31. The molecule has 1 aromatic heterocycles. The molecule has 2 fully saturated rings. The summed E-state index contributed by atoms with van der Waals surface area (Å²) in [5.41, 5.74) is 0.227. The van der Waals surface area contributed by atoms with E-state index in [0.29, 0.717) is 5.56 Å². The number of likely N-dealkylation sites (N-methyl/N-ethyl adjacent to an activating group) is 1. The zero-order valence-electron chi connectivity index (χ0n) is 18.4. The Kier molecular flexibility index (Phi) is 6.68. The lowest BCUT2D eigenvalue weighted by molar-refractivity contribution is -0.916. The van der Waals surface area contributed by atoms with Crippen LogP contribution >= 0.6 is 0 Å². The molecule has 3 atom stereocenters. The van der Waals surface area contributed by atoms with E-state index >= 15 is 0 Å². The summed E-state index contributed by atoms with van der Waals surface area (Å²) < 4.78 is 6.89. The molecule has 0 bridgehead atoms. The second-order valence-electron chi connectivity index (χ2n) is 9.53. The lowest BCUT2D eigenvalue weighted by atomic mass is 9.80. The number of likely N-dealkylation sites (tertiary alicyclic amines) is 1. The smallest absolute Gasteiger partial charge is 0.343 e. The minimum atomic E-state index is -1.56. The molecule has 1 saturated heterocycles. The van der Waals surface area contributed by atoms with Crippen molar-refractivity contribution < 1.29 is 19.1 Å². The average Bonchev–Trinajstić information content (AvgIpc) is 3.34. The maximum absolute atomic E-state index is 13.4. The summed E-state index contributed by atoms with van der Waals surface area (Å²) in [5, 5.41) is 11.7. The monoisotopic (exact) mass is 424 g/mol. The second-order valence-corrected chi connectivity index (χ2v) is 9.53. The Morgan fingerprint density at radius 2 is 1.84 bits per heavy atom. The maximum atomic E-state index is 13.4. The van der Waals surface area contributed by atoms with Crippen LogP contribution in [0.25, 0.3) is 0 Å². The zero-order chi connectivity index (χ0) is 21.7. The normalized spacial score (nSPS) is 26.3. The van der Waals surface area contributed by atoms with Gasteiger partial charge in [0.1, 0.15) is 12.9 Å². The Labute approximate surface area is 184 Å². The van der Waals surface area contributed by atoms with Gasteiger partial charge in [-0.2, -0.15) is 0 Å². The summed E-state index contributed by atoms with van der Waals surface area (Å²) in [6.07, 6.45) is 11.7. The first-order valence-electron chi connectivity index (χ1n) is 11.6. The van der Waals surface area contributed by atoms with Gasteiger partial charge in [0.15, 0.2) is 11.7 Å². The molecule has 31 heavy (non-hydrogen) atoms. The number of aromatic nitrogens is 2. The molecule has 2 aliphatic rings. The number of benzene rings is 1. The molecule has 6 nitrogen and oxygen atoms in total. The number of nitrogens with zero attached hydrogens (tertiary/aromatic N) is 3. The topological polar surface area (TPSA) is 72.3 Å². The van der Waals surface area contributed by atoms with Crippen LogP contribution in [0.1, 0.15) is 49.7 Å². The first-order chi connectivity index (χ1) is 15.0. The van der Waals surface area contributed by atoms with E-state index < -0.39 is 11.6 Å². The van der Waals surface area contributed by atoms with E-state index in [2.05, 4.69) is 17.0 Å². The van der Waals surface area contributed by atoms with Crippen molar-refractivity contribution in [2.24, 2.45) is 5.92 Å². The summed E-state index contributed by atoms with van der Waals surface area (Å²) >= 11 is 0. The van der Waals surface area contributed by atoms with Crippen LogP contribution in [0.3, 0.4) is 0 Å².